The number of aromatic nitrogens is 8. The van der Waals surface area contributed by atoms with Crippen LogP contribution in [0, 0.1) is 0 Å². The molecule has 0 atom stereocenters. The molecule has 8 nitrogen and oxygen atoms in total. The molecule has 0 aliphatic heterocycles. The van der Waals surface area contributed by atoms with E-state index in [1.54, 1.807) is 0 Å². The molecule has 21 rings (SSSR count). The van der Waals surface area contributed by atoms with Gasteiger partial charge < -0.3 is 0 Å². The maximum absolute atomic E-state index is 5.36. The van der Waals surface area contributed by atoms with E-state index >= 15 is 0 Å². The van der Waals surface area contributed by atoms with Crippen LogP contribution in [0.1, 0.15) is 0 Å². The summed E-state index contributed by atoms with van der Waals surface area (Å²) < 4.78 is 0. The topological polar surface area (TPSA) is 103 Å². The molecular formula is C110H72N8. The Bertz CT molecular complexity index is 7120. The quantitative estimate of drug-likeness (QED) is 0.0935. The monoisotopic (exact) mass is 1500 g/mol. The van der Waals surface area contributed by atoms with Crippen molar-refractivity contribution >= 4 is 43.4 Å². The molecule has 0 N–H and O–H groups in total. The minimum absolute atomic E-state index is 0.611. The second-order valence-corrected chi connectivity index (χ2v) is 29.3. The summed E-state index contributed by atoms with van der Waals surface area (Å²) in [6, 6.07) is 152. The lowest BCUT2D eigenvalue weighted by Gasteiger charge is -2.15. The lowest BCUT2D eigenvalue weighted by molar-refractivity contribution is 1.07. The fourth-order valence-electron chi connectivity index (χ4n) is 16.0. The zero-order chi connectivity index (χ0) is 78.5. The molecule has 17 aromatic carbocycles. The molecule has 552 valence electrons. The van der Waals surface area contributed by atoms with E-state index < -0.39 is 0 Å². The number of pyridine rings is 2. The molecule has 0 amide bonds. The van der Waals surface area contributed by atoms with Gasteiger partial charge in [0.2, 0.25) is 0 Å². The smallest absolute Gasteiger partial charge is 0.164 e. The van der Waals surface area contributed by atoms with Crippen LogP contribution in [0.4, 0.5) is 0 Å². The van der Waals surface area contributed by atoms with Crippen molar-refractivity contribution in [1.82, 2.24) is 39.9 Å². The van der Waals surface area contributed by atoms with Gasteiger partial charge in [-0.1, -0.05) is 406 Å². The first kappa shape index (κ1) is 71.2. The van der Waals surface area contributed by atoms with Gasteiger partial charge >= 0.3 is 0 Å². The summed E-state index contributed by atoms with van der Waals surface area (Å²) in [6.07, 6.45) is 0. The maximum Gasteiger partial charge on any atom is 0.164 e. The Labute approximate surface area is 684 Å². The number of rotatable bonds is 15. The normalized spacial score (nSPS) is 11.2. The lowest BCUT2D eigenvalue weighted by atomic mass is 9.92. The first-order chi connectivity index (χ1) is 58.5. The van der Waals surface area contributed by atoms with Crippen molar-refractivity contribution in [1.29, 1.82) is 0 Å². The fourth-order valence-corrected chi connectivity index (χ4v) is 16.0. The van der Waals surface area contributed by atoms with E-state index in [4.69, 9.17) is 39.9 Å². The minimum Gasteiger partial charge on any atom is -0.247 e. The first-order valence-electron chi connectivity index (χ1n) is 39.7. The Kier molecular flexibility index (Phi) is 19.3. The summed E-state index contributed by atoms with van der Waals surface area (Å²) >= 11 is 0. The molecule has 118 heavy (non-hydrogen) atoms. The average molecular weight is 1510 g/mol. The highest BCUT2D eigenvalue weighted by Crippen LogP contribution is 2.44. The van der Waals surface area contributed by atoms with Crippen LogP contribution in [0.25, 0.3) is 212 Å². The van der Waals surface area contributed by atoms with Gasteiger partial charge in [-0.15, -0.1) is 0 Å². The van der Waals surface area contributed by atoms with Gasteiger partial charge in [0.1, 0.15) is 0 Å². The Morgan fingerprint density at radius 3 is 0.644 bits per heavy atom. The van der Waals surface area contributed by atoms with E-state index in [0.29, 0.717) is 34.9 Å². The highest BCUT2D eigenvalue weighted by molar-refractivity contribution is 6.19. The van der Waals surface area contributed by atoms with Crippen molar-refractivity contribution in [3.8, 4) is 169 Å². The minimum atomic E-state index is 0.611. The van der Waals surface area contributed by atoms with Gasteiger partial charge in [0.25, 0.3) is 0 Å². The van der Waals surface area contributed by atoms with Crippen LogP contribution < -0.4 is 0 Å². The largest absolute Gasteiger partial charge is 0.247 e. The molecule has 0 bridgehead atoms. The summed E-state index contributed by atoms with van der Waals surface area (Å²) in [5.74, 6) is 3.74. The second-order valence-electron chi connectivity index (χ2n) is 29.3. The van der Waals surface area contributed by atoms with E-state index in [0.717, 1.165) is 144 Å². The molecule has 0 spiro atoms. The number of nitrogens with zero attached hydrogens (tertiary/aromatic N) is 8. The number of fused-ring (bicyclic) bond motifs is 6. The molecule has 4 aromatic heterocycles. The Morgan fingerprint density at radius 2 is 0.331 bits per heavy atom. The zero-order valence-corrected chi connectivity index (χ0v) is 64.1. The molecule has 0 saturated heterocycles. The average Bonchev–Trinajstić information content (AvgIpc) is 0.744. The third-order valence-electron chi connectivity index (χ3n) is 21.8. The van der Waals surface area contributed by atoms with Crippen molar-refractivity contribution in [3.05, 3.63) is 437 Å². The van der Waals surface area contributed by atoms with E-state index in [2.05, 4.69) is 382 Å². The van der Waals surface area contributed by atoms with Crippen LogP contribution in [-0.2, 0) is 0 Å². The molecule has 0 saturated carbocycles. The summed E-state index contributed by atoms with van der Waals surface area (Å²) in [6.45, 7) is 0. The molecule has 0 fully saturated rings. The first-order valence-corrected chi connectivity index (χ1v) is 39.7. The molecule has 0 aliphatic carbocycles. The second kappa shape index (κ2) is 31.9. The standard InChI is InChI=1S/C58H38N4.C52H34N4/c1-5-16-39(17-6-1)45-24-13-26-48(36-45)57-60-56(61-58(62-57)49-27-14-25-46(37-49)40-18-7-2-8-19-40)44-32-30-41(31-33-44)47-34-35-51-53(38-47)59-55(43-22-11-4-12-23-43)52-29-15-28-50(54(51)52)42-20-9-3-10-21-42;1-5-15-35(16-6-1)41-23-13-24-43(33-41)52-55-50(39-21-11-4-12-22-39)54-51(56-52)40-29-27-36(28-30-40)42-31-32-45-47(34-42)53-49(38-19-9-3-10-20-38)46-26-14-25-44(48(45)46)37-17-7-2-8-18-37/h1-38H;1-34H. The van der Waals surface area contributed by atoms with E-state index in [1.165, 1.54) is 33.0 Å². The highest BCUT2D eigenvalue weighted by Gasteiger charge is 2.21. The lowest BCUT2D eigenvalue weighted by Crippen LogP contribution is -2.00. The van der Waals surface area contributed by atoms with Gasteiger partial charge in [-0.05, 0) is 108 Å². The molecule has 21 aromatic rings. The van der Waals surface area contributed by atoms with Gasteiger partial charge in [0.05, 0.1) is 22.4 Å². The third-order valence-corrected chi connectivity index (χ3v) is 21.8. The van der Waals surface area contributed by atoms with Crippen LogP contribution in [0.2, 0.25) is 0 Å². The van der Waals surface area contributed by atoms with Crippen LogP contribution in [0.15, 0.2) is 437 Å². The number of hydrogen-bond donors (Lipinski definition) is 0. The molecule has 4 heterocycles. The van der Waals surface area contributed by atoms with Crippen molar-refractivity contribution in [3.63, 3.8) is 0 Å². The Hall–Kier alpha value is -15.9. The van der Waals surface area contributed by atoms with E-state index in [1.807, 2.05) is 54.6 Å². The maximum atomic E-state index is 5.36. The highest BCUT2D eigenvalue weighted by atomic mass is 15.0. The molecule has 8 heteroatoms. The number of hydrogen-bond acceptors (Lipinski definition) is 8. The van der Waals surface area contributed by atoms with Gasteiger partial charge in [0.15, 0.2) is 34.9 Å². The van der Waals surface area contributed by atoms with Crippen LogP contribution in [-0.4, -0.2) is 39.9 Å². The SMILES string of the molecule is c1ccc(-c2cccc(-c3nc(-c4ccc(-c5ccc6c(c5)nc(-c5ccccc5)c5cccc(-c7ccccc7)c56)cc4)nc(-c4cccc(-c5ccccc5)c4)n3)c2)cc1.c1ccc(-c2cccc(-c3nc(-c4ccccc4)nc(-c4ccc(-c5ccc6c(c5)nc(-c5ccccc5)c5cccc(-c7ccccc7)c56)cc4)n3)c2)cc1. The van der Waals surface area contributed by atoms with Crippen LogP contribution in [0.5, 0.6) is 0 Å². The van der Waals surface area contributed by atoms with Crippen LogP contribution >= 0.6 is 0 Å². The van der Waals surface area contributed by atoms with E-state index in [-0.39, 0.29) is 0 Å². The van der Waals surface area contributed by atoms with Crippen molar-refractivity contribution in [2.24, 2.45) is 0 Å². The van der Waals surface area contributed by atoms with Crippen molar-refractivity contribution in [2.45, 2.75) is 0 Å². The molecule has 0 aliphatic rings. The molecule has 0 unspecified atom stereocenters. The summed E-state index contributed by atoms with van der Waals surface area (Å²) in [5, 5.41) is 6.94. The predicted octanol–water partition coefficient (Wildman–Crippen LogP) is 28.2. The zero-order valence-electron chi connectivity index (χ0n) is 64.1. The van der Waals surface area contributed by atoms with Crippen LogP contribution in [0.3, 0.4) is 0 Å². The van der Waals surface area contributed by atoms with Crippen molar-refractivity contribution < 1.29 is 0 Å². The van der Waals surface area contributed by atoms with Crippen molar-refractivity contribution in [2.75, 3.05) is 0 Å². The van der Waals surface area contributed by atoms with Gasteiger partial charge in [0, 0.05) is 76.8 Å². The molecule has 0 radical (unpaired) electrons. The summed E-state index contributed by atoms with van der Waals surface area (Å²) in [5.41, 5.74) is 27.4. The molecular weight excluding hydrogens is 1430 g/mol. The predicted molar refractivity (Wildman–Crippen MR) is 487 cm³/mol. The fraction of sp³-hybridized carbons (Fsp3) is 0. The third kappa shape index (κ3) is 14.5. The van der Waals surface area contributed by atoms with Gasteiger partial charge in [-0.25, -0.2) is 39.9 Å². The van der Waals surface area contributed by atoms with Gasteiger partial charge in [-0.2, -0.15) is 0 Å². The summed E-state index contributed by atoms with van der Waals surface area (Å²) in [4.78, 5) is 41.1. The summed E-state index contributed by atoms with van der Waals surface area (Å²) in [7, 11) is 0. The Balaban J connectivity index is 0.000000152. The number of benzene rings is 17. The van der Waals surface area contributed by atoms with Gasteiger partial charge in [-0.3, -0.25) is 0 Å². The van der Waals surface area contributed by atoms with E-state index in [9.17, 15) is 0 Å². The Morgan fingerprint density at radius 1 is 0.119 bits per heavy atom.